The summed E-state index contributed by atoms with van der Waals surface area (Å²) < 4.78 is 21.5. The number of carbonyl (C=O) groups is 1. The van der Waals surface area contributed by atoms with Gasteiger partial charge in [0.15, 0.2) is 6.29 Å². The van der Waals surface area contributed by atoms with Gasteiger partial charge in [-0.3, -0.25) is 18.2 Å². The normalized spacial score (nSPS) is 23.4. The summed E-state index contributed by atoms with van der Waals surface area (Å²) in [5, 5.41) is 0. The van der Waals surface area contributed by atoms with Crippen molar-refractivity contribution in [3.05, 3.63) is 17.3 Å². The molecule has 0 spiro atoms. The molecular formula is C12H17N3O3S. The van der Waals surface area contributed by atoms with E-state index >= 15 is 0 Å². The molecule has 0 unspecified atom stereocenters. The number of nitrogens with zero attached hydrogens (tertiary/aromatic N) is 2. The van der Waals surface area contributed by atoms with Crippen LogP contribution in [0.3, 0.4) is 0 Å². The molecule has 2 fully saturated rings. The van der Waals surface area contributed by atoms with Crippen LogP contribution in [0.4, 0.5) is 11.5 Å². The molecule has 0 bridgehead atoms. The Morgan fingerprint density at radius 1 is 1.47 bits per heavy atom. The Hall–Kier alpha value is -1.31. The van der Waals surface area contributed by atoms with E-state index in [0.717, 1.165) is 25.5 Å². The van der Waals surface area contributed by atoms with E-state index in [0.29, 0.717) is 35.1 Å². The highest BCUT2D eigenvalue weighted by Crippen LogP contribution is 2.51. The summed E-state index contributed by atoms with van der Waals surface area (Å²) in [4.78, 5) is 15.6. The highest BCUT2D eigenvalue weighted by Gasteiger charge is 2.33. The van der Waals surface area contributed by atoms with Crippen molar-refractivity contribution in [2.24, 2.45) is 0 Å². The highest BCUT2D eigenvalue weighted by molar-refractivity contribution is 8.25. The number of aldehydes is 1. The predicted molar refractivity (Wildman–Crippen MR) is 75.7 cm³/mol. The molecule has 0 amide bonds. The molecule has 0 aromatic carbocycles. The Kier molecular flexibility index (Phi) is 2.92. The van der Waals surface area contributed by atoms with Crippen LogP contribution in [0.2, 0.25) is 0 Å². The second kappa shape index (κ2) is 4.36. The van der Waals surface area contributed by atoms with Gasteiger partial charge < -0.3 is 5.73 Å². The standard InChI is InChI=1S/C12H17N3O3S/c13-10-6-11(15-4-1-5-19(15,17)18)14-12(8-2-3-8)9(10)7-16/h6-8,17-18H,1-5H2,(H2,13,14). The number of nitrogens with two attached hydrogens (primary N) is 1. The van der Waals surface area contributed by atoms with Crippen LogP contribution in [0.5, 0.6) is 0 Å². The average molecular weight is 283 g/mol. The number of pyridine rings is 1. The minimum atomic E-state index is -2.77. The third kappa shape index (κ3) is 2.18. The van der Waals surface area contributed by atoms with E-state index in [1.807, 2.05) is 0 Å². The molecule has 0 atom stereocenters. The molecule has 4 N–H and O–H groups in total. The zero-order chi connectivity index (χ0) is 13.6. The number of nitrogen functional groups attached to an aromatic ring is 1. The van der Waals surface area contributed by atoms with Gasteiger partial charge >= 0.3 is 0 Å². The minimum absolute atomic E-state index is 0.284. The Bertz CT molecular complexity index is 531. The van der Waals surface area contributed by atoms with E-state index < -0.39 is 10.8 Å². The summed E-state index contributed by atoms with van der Waals surface area (Å²) in [5.41, 5.74) is 7.41. The zero-order valence-corrected chi connectivity index (χ0v) is 11.3. The fraction of sp³-hybridized carbons (Fsp3) is 0.500. The number of aromatic nitrogens is 1. The van der Waals surface area contributed by atoms with Crippen molar-refractivity contribution >= 4 is 28.6 Å². The van der Waals surface area contributed by atoms with Crippen molar-refractivity contribution in [2.75, 3.05) is 22.3 Å². The first-order valence-electron chi connectivity index (χ1n) is 6.32. The molecule has 2 aliphatic rings. The molecule has 6 nitrogen and oxygen atoms in total. The molecule has 1 saturated heterocycles. The summed E-state index contributed by atoms with van der Waals surface area (Å²) in [7, 11) is -2.77. The van der Waals surface area contributed by atoms with Crippen LogP contribution in [0.25, 0.3) is 0 Å². The van der Waals surface area contributed by atoms with Crippen LogP contribution < -0.4 is 10.0 Å². The average Bonchev–Trinajstić information content (AvgIpc) is 3.12. The van der Waals surface area contributed by atoms with Gasteiger partial charge in [0, 0.05) is 24.2 Å². The van der Waals surface area contributed by atoms with Crippen LogP contribution in [0, 0.1) is 0 Å². The van der Waals surface area contributed by atoms with E-state index in [1.165, 1.54) is 4.31 Å². The van der Waals surface area contributed by atoms with E-state index in [4.69, 9.17) is 5.73 Å². The fourth-order valence-electron chi connectivity index (χ4n) is 2.43. The number of hydrogen-bond donors (Lipinski definition) is 3. The van der Waals surface area contributed by atoms with Crippen LogP contribution in [0.15, 0.2) is 6.07 Å². The van der Waals surface area contributed by atoms with Crippen LogP contribution in [0.1, 0.15) is 41.2 Å². The van der Waals surface area contributed by atoms with Crippen molar-refractivity contribution in [2.45, 2.75) is 25.2 Å². The van der Waals surface area contributed by atoms with Gasteiger partial charge in [0.05, 0.1) is 17.0 Å². The minimum Gasteiger partial charge on any atom is -0.398 e. The molecule has 2 heterocycles. The van der Waals surface area contributed by atoms with E-state index in [9.17, 15) is 13.9 Å². The Labute approximate surface area is 113 Å². The van der Waals surface area contributed by atoms with Crippen LogP contribution in [-0.4, -0.2) is 32.7 Å². The third-order valence-corrected chi connectivity index (χ3v) is 5.49. The largest absolute Gasteiger partial charge is 0.398 e. The van der Waals surface area contributed by atoms with Crippen molar-refractivity contribution in [3.8, 4) is 0 Å². The summed E-state index contributed by atoms with van der Waals surface area (Å²) in [6.07, 6.45) is 3.47. The van der Waals surface area contributed by atoms with Crippen molar-refractivity contribution < 1.29 is 13.9 Å². The van der Waals surface area contributed by atoms with E-state index in [1.54, 1.807) is 6.07 Å². The molecular weight excluding hydrogens is 266 g/mol. The molecule has 3 rings (SSSR count). The number of carbonyl (C=O) groups excluding carboxylic acids is 1. The summed E-state index contributed by atoms with van der Waals surface area (Å²) in [6, 6.07) is 1.56. The molecule has 1 saturated carbocycles. The number of hydrogen-bond acceptors (Lipinski definition) is 6. The highest BCUT2D eigenvalue weighted by atomic mass is 32.3. The lowest BCUT2D eigenvalue weighted by Gasteiger charge is -2.37. The molecule has 7 heteroatoms. The summed E-state index contributed by atoms with van der Waals surface area (Å²) in [6.45, 7) is 0.555. The van der Waals surface area contributed by atoms with Gasteiger partial charge in [-0.2, -0.15) is 0 Å². The summed E-state index contributed by atoms with van der Waals surface area (Å²) >= 11 is 0. The first kappa shape index (κ1) is 12.7. The van der Waals surface area contributed by atoms with Gasteiger partial charge in [-0.15, -0.1) is 10.8 Å². The maximum atomic E-state index is 11.1. The van der Waals surface area contributed by atoms with Gasteiger partial charge in [-0.05, 0) is 19.3 Å². The number of anilines is 2. The van der Waals surface area contributed by atoms with Crippen LogP contribution >= 0.6 is 10.8 Å². The van der Waals surface area contributed by atoms with Crippen molar-refractivity contribution in [1.82, 2.24) is 4.98 Å². The molecule has 1 aliphatic carbocycles. The second-order valence-corrected chi connectivity index (χ2v) is 7.17. The molecule has 104 valence electrons. The molecule has 1 aliphatic heterocycles. The molecule has 1 aromatic heterocycles. The van der Waals surface area contributed by atoms with Gasteiger partial charge in [0.25, 0.3) is 0 Å². The second-order valence-electron chi connectivity index (χ2n) is 5.05. The van der Waals surface area contributed by atoms with Gasteiger partial charge in [0.2, 0.25) is 0 Å². The lowest BCUT2D eigenvalue weighted by atomic mass is 10.1. The monoisotopic (exact) mass is 283 g/mol. The first-order valence-corrected chi connectivity index (χ1v) is 7.99. The van der Waals surface area contributed by atoms with E-state index in [2.05, 4.69) is 4.98 Å². The Morgan fingerprint density at radius 3 is 2.74 bits per heavy atom. The van der Waals surface area contributed by atoms with Crippen LogP contribution in [-0.2, 0) is 0 Å². The van der Waals surface area contributed by atoms with Crippen molar-refractivity contribution in [1.29, 1.82) is 0 Å². The topological polar surface area (TPSA) is 99.7 Å². The maximum absolute atomic E-state index is 11.1. The number of rotatable bonds is 3. The zero-order valence-electron chi connectivity index (χ0n) is 10.5. The molecule has 1 aromatic rings. The third-order valence-electron chi connectivity index (χ3n) is 3.58. The lowest BCUT2D eigenvalue weighted by molar-refractivity contribution is 0.112. The van der Waals surface area contributed by atoms with Gasteiger partial charge in [0.1, 0.15) is 5.82 Å². The Morgan fingerprint density at radius 2 is 2.21 bits per heavy atom. The smallest absolute Gasteiger partial charge is 0.153 e. The Balaban J connectivity index is 2.05. The fourth-order valence-corrected chi connectivity index (χ4v) is 3.98. The molecule has 19 heavy (non-hydrogen) atoms. The summed E-state index contributed by atoms with van der Waals surface area (Å²) in [5.74, 6) is 1.12. The van der Waals surface area contributed by atoms with Gasteiger partial charge in [-0.1, -0.05) is 0 Å². The van der Waals surface area contributed by atoms with Gasteiger partial charge in [-0.25, -0.2) is 4.98 Å². The quantitative estimate of drug-likeness (QED) is 0.736. The molecule has 0 radical (unpaired) electrons. The van der Waals surface area contributed by atoms with Crippen molar-refractivity contribution in [3.63, 3.8) is 0 Å². The first-order chi connectivity index (χ1) is 9.03. The SMILES string of the molecule is Nc1cc(N2CCCS2(O)O)nc(C2CC2)c1C=O. The van der Waals surface area contributed by atoms with E-state index in [-0.39, 0.29) is 5.92 Å². The maximum Gasteiger partial charge on any atom is 0.153 e. The lowest BCUT2D eigenvalue weighted by Crippen LogP contribution is -2.23. The predicted octanol–water partition coefficient (Wildman–Crippen LogP) is 2.23.